The highest BCUT2D eigenvalue weighted by molar-refractivity contribution is 9.10. The van der Waals surface area contributed by atoms with Crippen molar-refractivity contribution in [2.45, 2.75) is 12.6 Å². The van der Waals surface area contributed by atoms with Crippen LogP contribution in [0.3, 0.4) is 0 Å². The minimum Gasteiger partial charge on any atom is -0.306 e. The van der Waals surface area contributed by atoms with E-state index < -0.39 is 19.9 Å². The van der Waals surface area contributed by atoms with E-state index in [1.807, 2.05) is 0 Å². The van der Waals surface area contributed by atoms with Crippen LogP contribution in [0.2, 0.25) is 0 Å². The molecule has 12 heteroatoms. The van der Waals surface area contributed by atoms with Crippen LogP contribution in [0.4, 0.5) is 10.5 Å². The van der Waals surface area contributed by atoms with E-state index in [0.29, 0.717) is 28.3 Å². The molecule has 0 bridgehead atoms. The van der Waals surface area contributed by atoms with Gasteiger partial charge in [0.05, 0.1) is 12.3 Å². The number of hydrogen-bond acceptors (Lipinski definition) is 4. The molecule has 2 unspecified atom stereocenters. The lowest BCUT2D eigenvalue weighted by molar-refractivity contribution is -0.0876. The van der Waals surface area contributed by atoms with E-state index in [9.17, 15) is 14.6 Å². The van der Waals surface area contributed by atoms with Gasteiger partial charge in [0.2, 0.25) is 0 Å². The van der Waals surface area contributed by atoms with E-state index in [1.165, 1.54) is 4.67 Å². The summed E-state index contributed by atoms with van der Waals surface area (Å²) in [6.45, 7) is 0.690. The van der Waals surface area contributed by atoms with Crippen molar-refractivity contribution in [1.82, 2.24) is 14.8 Å². The molecule has 2 rings (SSSR count). The summed E-state index contributed by atoms with van der Waals surface area (Å²) in [4.78, 5) is 12.3. The first kappa shape index (κ1) is 21.9. The number of para-hydroxylation sites is 1. The molecule has 3 N–H and O–H groups in total. The third kappa shape index (κ3) is 5.56. The number of benzene rings is 1. The first-order valence-corrected chi connectivity index (χ1v) is 11.3. The molecular formula is C14H20BrCl2N4O4P. The molecule has 146 valence electrons. The fraction of sp³-hybridized carbons (Fsp3) is 0.500. The molecule has 2 amide bonds. The van der Waals surface area contributed by atoms with Gasteiger partial charge in [0.25, 0.3) is 0 Å². The summed E-state index contributed by atoms with van der Waals surface area (Å²) in [5.74, 6) is 0.476. The monoisotopic (exact) mass is 488 g/mol. The Labute approximate surface area is 170 Å². The Balaban J connectivity index is 2.06. The molecule has 0 spiro atoms. The summed E-state index contributed by atoms with van der Waals surface area (Å²) in [7, 11) is -3.47. The van der Waals surface area contributed by atoms with E-state index in [4.69, 9.17) is 27.7 Å². The van der Waals surface area contributed by atoms with Crippen LogP contribution in [0.1, 0.15) is 6.42 Å². The molecule has 1 heterocycles. The van der Waals surface area contributed by atoms with Gasteiger partial charge >= 0.3 is 13.7 Å². The van der Waals surface area contributed by atoms with Gasteiger partial charge in [0, 0.05) is 35.7 Å². The summed E-state index contributed by atoms with van der Waals surface area (Å²) < 4.78 is 20.6. The van der Waals surface area contributed by atoms with Crippen LogP contribution in [0.15, 0.2) is 28.7 Å². The van der Waals surface area contributed by atoms with E-state index in [1.54, 1.807) is 24.3 Å². The van der Waals surface area contributed by atoms with E-state index in [-0.39, 0.29) is 24.8 Å². The number of hydroxylamine groups is 2. The van der Waals surface area contributed by atoms with Crippen LogP contribution < -0.4 is 10.4 Å². The highest BCUT2D eigenvalue weighted by Crippen LogP contribution is 2.49. The number of nitrogens with zero attached hydrogens (tertiary/aromatic N) is 2. The second kappa shape index (κ2) is 10.2. The van der Waals surface area contributed by atoms with Gasteiger partial charge in [-0.15, -0.1) is 23.2 Å². The maximum absolute atomic E-state index is 13.1. The minimum atomic E-state index is -3.47. The number of urea groups is 1. The Kier molecular flexibility index (Phi) is 8.63. The summed E-state index contributed by atoms with van der Waals surface area (Å²) in [5, 5.41) is 16.0. The predicted octanol–water partition coefficient (Wildman–Crippen LogP) is 3.90. The molecule has 8 nitrogen and oxygen atoms in total. The molecule has 1 aromatic carbocycles. The minimum absolute atomic E-state index is 0.107. The smallest absolute Gasteiger partial charge is 0.306 e. The summed E-state index contributed by atoms with van der Waals surface area (Å²) in [6.07, 6.45) is -0.621. The van der Waals surface area contributed by atoms with Crippen molar-refractivity contribution in [3.05, 3.63) is 28.7 Å². The zero-order chi connectivity index (χ0) is 19.2. The van der Waals surface area contributed by atoms with Crippen molar-refractivity contribution >= 4 is 58.5 Å². The van der Waals surface area contributed by atoms with Crippen molar-refractivity contribution in [3.8, 4) is 0 Å². The molecule has 2 atom stereocenters. The Hall–Kier alpha value is -0.380. The molecule has 0 saturated carbocycles. The van der Waals surface area contributed by atoms with Gasteiger partial charge in [0.15, 0.2) is 0 Å². The van der Waals surface area contributed by atoms with Gasteiger partial charge < -0.3 is 9.84 Å². The SMILES string of the molecule is O=C(Nc1ccccc1Br)N(O)C1CCOP(=O)(N(CCCl)CCCl)N1. The lowest BCUT2D eigenvalue weighted by Crippen LogP contribution is -2.52. The maximum atomic E-state index is 13.1. The molecule has 1 aromatic rings. The standard InChI is InChI=1S/C14H20BrCl2N4O4P/c15-11-3-1-2-4-12(11)18-14(22)21(23)13-5-10-25-26(24,19-13)20(8-6-16)9-7-17/h1-4,13,23H,5-10H2,(H,18,22)(H,19,24). The van der Waals surface area contributed by atoms with Crippen molar-refractivity contribution in [1.29, 1.82) is 0 Å². The summed E-state index contributed by atoms with van der Waals surface area (Å²) >= 11 is 14.8. The van der Waals surface area contributed by atoms with Crippen molar-refractivity contribution in [2.75, 3.05) is 36.8 Å². The first-order chi connectivity index (χ1) is 12.4. The third-order valence-corrected chi connectivity index (χ3v) is 6.98. The summed E-state index contributed by atoms with van der Waals surface area (Å²) in [5.41, 5.74) is 0.498. The molecule has 1 saturated heterocycles. The fourth-order valence-corrected chi connectivity index (χ4v) is 5.49. The molecule has 0 radical (unpaired) electrons. The average Bonchev–Trinajstić information content (AvgIpc) is 2.63. The molecule has 1 fully saturated rings. The van der Waals surface area contributed by atoms with Crippen LogP contribution >= 0.6 is 46.8 Å². The number of carbonyl (C=O) groups excluding carboxylic acids is 1. The zero-order valence-corrected chi connectivity index (χ0v) is 17.8. The Morgan fingerprint density at radius 3 is 2.65 bits per heavy atom. The van der Waals surface area contributed by atoms with Crippen LogP contribution in [-0.4, -0.2) is 58.6 Å². The first-order valence-electron chi connectivity index (χ1n) is 7.84. The quantitative estimate of drug-likeness (QED) is 0.233. The van der Waals surface area contributed by atoms with Gasteiger partial charge in [-0.25, -0.2) is 14.6 Å². The number of amides is 2. The second-order valence-electron chi connectivity index (χ2n) is 5.37. The van der Waals surface area contributed by atoms with Gasteiger partial charge in [-0.1, -0.05) is 12.1 Å². The van der Waals surface area contributed by atoms with Gasteiger partial charge in [-0.2, -0.15) is 5.06 Å². The molecule has 26 heavy (non-hydrogen) atoms. The van der Waals surface area contributed by atoms with Gasteiger partial charge in [-0.3, -0.25) is 9.77 Å². The van der Waals surface area contributed by atoms with Gasteiger partial charge in [0.1, 0.15) is 6.17 Å². The van der Waals surface area contributed by atoms with Crippen LogP contribution in [0.25, 0.3) is 0 Å². The zero-order valence-electron chi connectivity index (χ0n) is 13.8. The maximum Gasteiger partial charge on any atom is 0.347 e. The Morgan fingerprint density at radius 2 is 2.04 bits per heavy atom. The largest absolute Gasteiger partial charge is 0.347 e. The Bertz CT molecular complexity index is 666. The fourth-order valence-electron chi connectivity index (χ4n) is 2.37. The van der Waals surface area contributed by atoms with Crippen LogP contribution in [-0.2, 0) is 9.09 Å². The molecular weight excluding hydrogens is 470 g/mol. The molecule has 1 aliphatic rings. The van der Waals surface area contributed by atoms with E-state index in [0.717, 1.165) is 0 Å². The number of halogens is 3. The number of rotatable bonds is 7. The lowest BCUT2D eigenvalue weighted by atomic mass is 10.3. The second-order valence-corrected chi connectivity index (χ2v) is 9.11. The highest BCUT2D eigenvalue weighted by Gasteiger charge is 2.40. The van der Waals surface area contributed by atoms with Crippen LogP contribution in [0, 0.1) is 0 Å². The number of anilines is 1. The summed E-state index contributed by atoms with van der Waals surface area (Å²) in [6, 6.07) is 6.23. The normalized spacial score (nSPS) is 23.0. The number of alkyl halides is 2. The molecule has 0 aromatic heterocycles. The number of nitrogens with one attached hydrogen (secondary N) is 2. The lowest BCUT2D eigenvalue weighted by Gasteiger charge is -2.39. The van der Waals surface area contributed by atoms with Crippen molar-refractivity contribution < 1.29 is 19.1 Å². The Morgan fingerprint density at radius 1 is 1.38 bits per heavy atom. The van der Waals surface area contributed by atoms with Crippen molar-refractivity contribution in [3.63, 3.8) is 0 Å². The number of carbonyl (C=O) groups is 1. The third-order valence-electron chi connectivity index (χ3n) is 3.65. The molecule has 0 aliphatic carbocycles. The predicted molar refractivity (Wildman–Crippen MR) is 105 cm³/mol. The topological polar surface area (TPSA) is 94.1 Å². The molecule has 1 aliphatic heterocycles. The van der Waals surface area contributed by atoms with Gasteiger partial charge in [-0.05, 0) is 28.1 Å². The number of hydrogen-bond donors (Lipinski definition) is 3. The van der Waals surface area contributed by atoms with E-state index in [2.05, 4.69) is 26.3 Å². The van der Waals surface area contributed by atoms with Crippen molar-refractivity contribution in [2.24, 2.45) is 0 Å². The average molecular weight is 490 g/mol. The highest BCUT2D eigenvalue weighted by atomic mass is 79.9. The van der Waals surface area contributed by atoms with Crippen LogP contribution in [0.5, 0.6) is 0 Å². The van der Waals surface area contributed by atoms with E-state index >= 15 is 0 Å².